The van der Waals surface area contributed by atoms with Gasteiger partial charge in [0, 0.05) is 16.8 Å². The minimum absolute atomic E-state index is 0.0661. The molecule has 2 atom stereocenters. The first-order valence-corrected chi connectivity index (χ1v) is 12.3. The first kappa shape index (κ1) is 20.4. The molecule has 0 aliphatic carbocycles. The van der Waals surface area contributed by atoms with E-state index >= 15 is 0 Å². The zero-order valence-corrected chi connectivity index (χ0v) is 18.4. The number of anilines is 1. The number of halogens is 1. The molecule has 154 valence electrons. The summed E-state index contributed by atoms with van der Waals surface area (Å²) in [6, 6.07) is 12.6. The monoisotopic (exact) mass is 452 g/mol. The molecular formula is C20H21ClN2O4S2. The van der Waals surface area contributed by atoms with E-state index in [1.807, 2.05) is 47.4 Å². The van der Waals surface area contributed by atoms with Gasteiger partial charge >= 0.3 is 0 Å². The molecule has 29 heavy (non-hydrogen) atoms. The summed E-state index contributed by atoms with van der Waals surface area (Å²) < 4.78 is 35.4. The number of aliphatic imine (C=N–C) groups is 1. The van der Waals surface area contributed by atoms with Crippen molar-refractivity contribution in [3.8, 4) is 11.5 Å². The molecule has 0 bridgehead atoms. The Morgan fingerprint density at radius 1 is 1.17 bits per heavy atom. The number of hydrogen-bond donors (Lipinski definition) is 0. The van der Waals surface area contributed by atoms with Crippen LogP contribution in [0.2, 0.25) is 5.02 Å². The molecule has 0 amide bonds. The highest BCUT2D eigenvalue weighted by molar-refractivity contribution is 8.13. The van der Waals surface area contributed by atoms with Gasteiger partial charge in [0.25, 0.3) is 0 Å². The highest BCUT2D eigenvalue weighted by Gasteiger charge is 2.47. The summed E-state index contributed by atoms with van der Waals surface area (Å²) in [7, 11) is 0.0619. The maximum Gasteiger partial charge on any atom is 0.164 e. The summed E-state index contributed by atoms with van der Waals surface area (Å²) in [6.07, 6.45) is 0. The fourth-order valence-electron chi connectivity index (χ4n) is 3.66. The van der Waals surface area contributed by atoms with E-state index in [0.717, 1.165) is 16.4 Å². The third-order valence-corrected chi connectivity index (χ3v) is 8.15. The molecule has 0 unspecified atom stereocenters. The van der Waals surface area contributed by atoms with Gasteiger partial charge in [0.2, 0.25) is 0 Å². The summed E-state index contributed by atoms with van der Waals surface area (Å²) in [6.45, 7) is 0. The second-order valence-corrected chi connectivity index (χ2v) is 10.4. The SMILES string of the molecule is COc1ccc(OC)c(N2C(SCc3ccccc3Cl)=N[C@@H]3CS(=O)(=O)C[C@@H]32)c1. The normalized spacial score (nSPS) is 22.3. The second kappa shape index (κ2) is 8.08. The molecule has 0 aromatic heterocycles. The quantitative estimate of drug-likeness (QED) is 0.690. The molecule has 2 aliphatic heterocycles. The lowest BCUT2D eigenvalue weighted by molar-refractivity contribution is 0.403. The van der Waals surface area contributed by atoms with Crippen molar-refractivity contribution < 1.29 is 17.9 Å². The van der Waals surface area contributed by atoms with Gasteiger partial charge in [0.15, 0.2) is 15.0 Å². The minimum Gasteiger partial charge on any atom is -0.497 e. The van der Waals surface area contributed by atoms with E-state index < -0.39 is 9.84 Å². The first-order chi connectivity index (χ1) is 13.9. The van der Waals surface area contributed by atoms with Crippen molar-refractivity contribution in [2.75, 3.05) is 30.6 Å². The summed E-state index contributed by atoms with van der Waals surface area (Å²) in [4.78, 5) is 6.75. The third kappa shape index (κ3) is 4.06. The predicted molar refractivity (Wildman–Crippen MR) is 118 cm³/mol. The van der Waals surface area contributed by atoms with Crippen LogP contribution in [0.1, 0.15) is 5.56 Å². The average molecular weight is 453 g/mol. The van der Waals surface area contributed by atoms with Crippen molar-refractivity contribution in [3.05, 3.63) is 53.1 Å². The molecule has 1 saturated heterocycles. The molecule has 0 radical (unpaired) electrons. The molecule has 2 aliphatic rings. The number of sulfone groups is 1. The van der Waals surface area contributed by atoms with Crippen molar-refractivity contribution in [2.24, 2.45) is 4.99 Å². The zero-order valence-electron chi connectivity index (χ0n) is 16.0. The van der Waals surface area contributed by atoms with Crippen molar-refractivity contribution in [3.63, 3.8) is 0 Å². The molecule has 0 spiro atoms. The van der Waals surface area contributed by atoms with E-state index in [1.54, 1.807) is 26.0 Å². The van der Waals surface area contributed by atoms with Gasteiger partial charge < -0.3 is 14.4 Å². The lowest BCUT2D eigenvalue weighted by Crippen LogP contribution is -2.39. The van der Waals surface area contributed by atoms with Crippen molar-refractivity contribution in [2.45, 2.75) is 17.8 Å². The van der Waals surface area contributed by atoms with Crippen LogP contribution in [-0.4, -0.2) is 51.4 Å². The number of amidine groups is 1. The van der Waals surface area contributed by atoms with E-state index in [1.165, 1.54) is 0 Å². The second-order valence-electron chi connectivity index (χ2n) is 6.91. The lowest BCUT2D eigenvalue weighted by Gasteiger charge is -2.28. The number of thioether (sulfide) groups is 1. The van der Waals surface area contributed by atoms with Gasteiger partial charge in [-0.3, -0.25) is 4.99 Å². The Bertz CT molecular complexity index is 1060. The molecular weight excluding hydrogens is 432 g/mol. The van der Waals surface area contributed by atoms with Crippen LogP contribution in [0, 0.1) is 0 Å². The fraction of sp³-hybridized carbons (Fsp3) is 0.350. The summed E-state index contributed by atoms with van der Waals surface area (Å²) in [5.41, 5.74) is 1.76. The third-order valence-electron chi connectivity index (χ3n) is 5.07. The van der Waals surface area contributed by atoms with E-state index in [4.69, 9.17) is 26.1 Å². The maximum atomic E-state index is 12.3. The van der Waals surface area contributed by atoms with Crippen LogP contribution in [-0.2, 0) is 15.6 Å². The summed E-state index contributed by atoms with van der Waals surface area (Å²) >= 11 is 7.84. The molecule has 9 heteroatoms. The number of hydrogen-bond acceptors (Lipinski definition) is 7. The smallest absolute Gasteiger partial charge is 0.164 e. The van der Waals surface area contributed by atoms with E-state index in [9.17, 15) is 8.42 Å². The molecule has 4 rings (SSSR count). The standard InChI is InChI=1S/C20H21ClN2O4S2/c1-26-14-7-8-19(27-2)17(9-14)23-18-12-29(24,25)11-16(18)22-20(23)28-10-13-5-3-4-6-15(13)21/h3-9,16,18H,10-12H2,1-2H3/t16-,18+/m1/s1. The topological polar surface area (TPSA) is 68.2 Å². The van der Waals surface area contributed by atoms with Crippen molar-refractivity contribution in [1.82, 2.24) is 0 Å². The minimum atomic E-state index is -3.13. The number of nitrogens with zero attached hydrogens (tertiary/aromatic N) is 2. The number of rotatable bonds is 5. The van der Waals surface area contributed by atoms with E-state index in [-0.39, 0.29) is 23.6 Å². The van der Waals surface area contributed by atoms with Crippen LogP contribution in [0.25, 0.3) is 0 Å². The average Bonchev–Trinajstić information content (AvgIpc) is 3.17. The van der Waals surface area contributed by atoms with Crippen molar-refractivity contribution in [1.29, 1.82) is 0 Å². The number of methoxy groups -OCH3 is 2. The zero-order chi connectivity index (χ0) is 20.6. The van der Waals surface area contributed by atoms with Crippen LogP contribution in [0.15, 0.2) is 47.5 Å². The largest absolute Gasteiger partial charge is 0.497 e. The predicted octanol–water partition coefficient (Wildman–Crippen LogP) is 3.63. The Morgan fingerprint density at radius 3 is 2.69 bits per heavy atom. The lowest BCUT2D eigenvalue weighted by atomic mass is 10.1. The van der Waals surface area contributed by atoms with Crippen LogP contribution in [0.4, 0.5) is 5.69 Å². The van der Waals surface area contributed by atoms with Crippen LogP contribution < -0.4 is 14.4 Å². The molecule has 2 heterocycles. The van der Waals surface area contributed by atoms with Gasteiger partial charge in [-0.2, -0.15) is 0 Å². The van der Waals surface area contributed by atoms with Crippen molar-refractivity contribution >= 4 is 44.1 Å². The molecule has 6 nitrogen and oxygen atoms in total. The van der Waals surface area contributed by atoms with E-state index in [0.29, 0.717) is 22.3 Å². The molecule has 1 fully saturated rings. The Labute approximate surface area is 179 Å². The van der Waals surface area contributed by atoms with Gasteiger partial charge in [0.1, 0.15) is 11.5 Å². The molecule has 0 N–H and O–H groups in total. The Hall–Kier alpha value is -1.90. The van der Waals surface area contributed by atoms with Crippen LogP contribution in [0.3, 0.4) is 0 Å². The van der Waals surface area contributed by atoms with Gasteiger partial charge in [-0.25, -0.2) is 8.42 Å². The van der Waals surface area contributed by atoms with Gasteiger partial charge in [0.05, 0.1) is 43.5 Å². The van der Waals surface area contributed by atoms with Crippen LogP contribution in [0.5, 0.6) is 11.5 Å². The maximum absolute atomic E-state index is 12.3. The molecule has 2 aromatic rings. The molecule has 0 saturated carbocycles. The summed E-state index contributed by atoms with van der Waals surface area (Å²) in [5, 5.41) is 1.47. The first-order valence-electron chi connectivity index (χ1n) is 9.07. The number of benzene rings is 2. The molecule has 2 aromatic carbocycles. The van der Waals surface area contributed by atoms with Gasteiger partial charge in [-0.15, -0.1) is 0 Å². The number of ether oxygens (including phenoxy) is 2. The highest BCUT2D eigenvalue weighted by Crippen LogP contribution is 2.41. The number of fused-ring (bicyclic) bond motifs is 1. The van der Waals surface area contributed by atoms with Crippen LogP contribution >= 0.6 is 23.4 Å². The Kier molecular flexibility index (Phi) is 5.68. The Balaban J connectivity index is 1.70. The fourth-order valence-corrected chi connectivity index (χ4v) is 6.90. The summed E-state index contributed by atoms with van der Waals surface area (Å²) in [5.74, 6) is 2.07. The van der Waals surface area contributed by atoms with Gasteiger partial charge in [-0.1, -0.05) is 41.6 Å². The highest BCUT2D eigenvalue weighted by atomic mass is 35.5. The van der Waals surface area contributed by atoms with E-state index in [2.05, 4.69) is 0 Å². The Morgan fingerprint density at radius 2 is 1.97 bits per heavy atom. The van der Waals surface area contributed by atoms with Gasteiger partial charge in [-0.05, 0) is 23.8 Å².